The Kier molecular flexibility index (Phi) is 3.77. The van der Waals surface area contributed by atoms with Crippen LogP contribution in [-0.2, 0) is 6.42 Å². The van der Waals surface area contributed by atoms with Gasteiger partial charge in [-0.1, -0.05) is 41.9 Å². The molecule has 1 N–H and O–H groups in total. The lowest BCUT2D eigenvalue weighted by Gasteiger charge is -2.21. The Labute approximate surface area is 123 Å². The maximum Gasteiger partial charge on any atom is 0.141 e. The van der Waals surface area contributed by atoms with Crippen LogP contribution in [0.25, 0.3) is 0 Å². The Bertz CT molecular complexity index is 626. The number of nitrogens with one attached hydrogen (secondary N) is 1. The van der Waals surface area contributed by atoms with E-state index in [0.29, 0.717) is 6.04 Å². The smallest absolute Gasteiger partial charge is 0.141 e. The maximum atomic E-state index is 13.2. The largest absolute Gasteiger partial charge is 0.303 e. The lowest BCUT2D eigenvalue weighted by molar-refractivity contribution is 0.464. The molecular weight excluding hydrogens is 273 g/mol. The van der Waals surface area contributed by atoms with E-state index in [9.17, 15) is 4.39 Å². The van der Waals surface area contributed by atoms with Crippen LogP contribution in [0.4, 0.5) is 4.39 Å². The van der Waals surface area contributed by atoms with Gasteiger partial charge >= 0.3 is 0 Å². The van der Waals surface area contributed by atoms with Crippen LogP contribution in [-0.4, -0.2) is 0 Å². The molecule has 2 aromatic carbocycles. The Morgan fingerprint density at radius 3 is 2.85 bits per heavy atom. The van der Waals surface area contributed by atoms with Gasteiger partial charge in [0.1, 0.15) is 5.82 Å². The van der Waals surface area contributed by atoms with Crippen LogP contribution < -0.4 is 5.32 Å². The zero-order chi connectivity index (χ0) is 14.1. The number of rotatable bonds is 3. The number of fused-ring (bicyclic) bond motifs is 1. The number of aryl methyl sites for hydroxylation is 1. The van der Waals surface area contributed by atoms with Crippen LogP contribution >= 0.6 is 11.6 Å². The monoisotopic (exact) mass is 289 g/mol. The zero-order valence-corrected chi connectivity index (χ0v) is 12.1. The van der Waals surface area contributed by atoms with Crippen molar-refractivity contribution in [1.29, 1.82) is 0 Å². The fourth-order valence-electron chi connectivity index (χ4n) is 2.91. The van der Waals surface area contributed by atoms with Gasteiger partial charge in [0.15, 0.2) is 0 Å². The van der Waals surface area contributed by atoms with E-state index in [2.05, 4.69) is 36.5 Å². The van der Waals surface area contributed by atoms with E-state index in [1.807, 2.05) is 0 Å². The fourth-order valence-corrected chi connectivity index (χ4v) is 3.10. The highest BCUT2D eigenvalue weighted by molar-refractivity contribution is 6.30. The van der Waals surface area contributed by atoms with Crippen LogP contribution in [0.5, 0.6) is 0 Å². The van der Waals surface area contributed by atoms with Crippen molar-refractivity contribution < 1.29 is 4.39 Å². The first-order chi connectivity index (χ1) is 9.65. The molecule has 0 saturated heterocycles. The summed E-state index contributed by atoms with van der Waals surface area (Å²) >= 11 is 5.85. The van der Waals surface area contributed by atoms with E-state index in [4.69, 9.17) is 11.6 Å². The summed E-state index contributed by atoms with van der Waals surface area (Å²) in [6.45, 7) is 2.09. The van der Waals surface area contributed by atoms with Crippen molar-refractivity contribution in [3.8, 4) is 0 Å². The van der Waals surface area contributed by atoms with Gasteiger partial charge in [0.2, 0.25) is 0 Å². The van der Waals surface area contributed by atoms with Crippen molar-refractivity contribution >= 4 is 11.6 Å². The van der Waals surface area contributed by atoms with Crippen molar-refractivity contribution in [2.24, 2.45) is 0 Å². The normalized spacial score (nSPS) is 18.9. The Hall–Kier alpha value is -1.38. The van der Waals surface area contributed by atoms with Crippen molar-refractivity contribution in [3.05, 3.63) is 70.0 Å². The van der Waals surface area contributed by atoms with Gasteiger partial charge in [0.25, 0.3) is 0 Å². The van der Waals surface area contributed by atoms with Gasteiger partial charge in [-0.15, -0.1) is 0 Å². The minimum Gasteiger partial charge on any atom is -0.303 e. The molecule has 20 heavy (non-hydrogen) atoms. The average Bonchev–Trinajstić information content (AvgIpc) is 2.85. The van der Waals surface area contributed by atoms with Gasteiger partial charge in [-0.3, -0.25) is 0 Å². The topological polar surface area (TPSA) is 12.0 Å². The van der Waals surface area contributed by atoms with E-state index >= 15 is 0 Å². The summed E-state index contributed by atoms with van der Waals surface area (Å²) in [7, 11) is 0. The molecule has 1 aliphatic rings. The summed E-state index contributed by atoms with van der Waals surface area (Å²) < 4.78 is 13.2. The number of hydrogen-bond donors (Lipinski definition) is 1. The minimum absolute atomic E-state index is 0.143. The second-order valence-corrected chi connectivity index (χ2v) is 5.76. The molecule has 0 spiro atoms. The maximum absolute atomic E-state index is 13.2. The van der Waals surface area contributed by atoms with E-state index < -0.39 is 0 Å². The minimum atomic E-state index is -0.367. The molecule has 0 amide bonds. The molecule has 3 rings (SSSR count). The third kappa shape index (κ3) is 2.58. The van der Waals surface area contributed by atoms with E-state index in [-0.39, 0.29) is 16.9 Å². The van der Waals surface area contributed by atoms with E-state index in [1.54, 1.807) is 12.1 Å². The lowest BCUT2D eigenvalue weighted by Crippen LogP contribution is -2.23. The van der Waals surface area contributed by atoms with Gasteiger partial charge in [-0.25, -0.2) is 4.39 Å². The lowest BCUT2D eigenvalue weighted by atomic mass is 10.0. The molecule has 3 heteroatoms. The summed E-state index contributed by atoms with van der Waals surface area (Å²) in [4.78, 5) is 0. The first kappa shape index (κ1) is 13.6. The SMILES string of the molecule is CC(NC1CCc2ccccc21)c1ccc(F)c(Cl)c1. The molecule has 1 aliphatic carbocycles. The van der Waals surface area contributed by atoms with Gasteiger partial charge in [-0.2, -0.15) is 0 Å². The predicted molar refractivity (Wildman–Crippen MR) is 80.5 cm³/mol. The zero-order valence-electron chi connectivity index (χ0n) is 11.4. The number of hydrogen-bond acceptors (Lipinski definition) is 1. The van der Waals surface area contributed by atoms with Crippen molar-refractivity contribution in [2.45, 2.75) is 31.8 Å². The summed E-state index contributed by atoms with van der Waals surface area (Å²) in [6, 6.07) is 14.0. The molecule has 2 atom stereocenters. The summed E-state index contributed by atoms with van der Waals surface area (Å²) in [5.41, 5.74) is 3.82. The van der Waals surface area contributed by atoms with Crippen LogP contribution in [0.15, 0.2) is 42.5 Å². The van der Waals surface area contributed by atoms with Gasteiger partial charge < -0.3 is 5.32 Å². The molecule has 2 unspecified atom stereocenters. The van der Waals surface area contributed by atoms with Gasteiger partial charge in [0, 0.05) is 12.1 Å². The van der Waals surface area contributed by atoms with Crippen molar-refractivity contribution in [3.63, 3.8) is 0 Å². The van der Waals surface area contributed by atoms with Gasteiger partial charge in [-0.05, 0) is 48.6 Å². The quantitative estimate of drug-likeness (QED) is 0.854. The highest BCUT2D eigenvalue weighted by Gasteiger charge is 2.23. The van der Waals surface area contributed by atoms with Crippen molar-refractivity contribution in [1.82, 2.24) is 5.32 Å². The standard InChI is InChI=1S/C17H17ClFN/c1-11(13-6-8-16(19)15(18)10-13)20-17-9-7-12-4-2-3-5-14(12)17/h2-6,8,10-11,17,20H,7,9H2,1H3. The van der Waals surface area contributed by atoms with Gasteiger partial charge in [0.05, 0.1) is 5.02 Å². The fraction of sp³-hybridized carbons (Fsp3) is 0.294. The summed E-state index contributed by atoms with van der Waals surface area (Å²) in [6.07, 6.45) is 2.23. The number of halogens is 2. The summed E-state index contributed by atoms with van der Waals surface area (Å²) in [5.74, 6) is -0.367. The Morgan fingerprint density at radius 1 is 1.25 bits per heavy atom. The molecular formula is C17H17ClFN. The van der Waals surface area contributed by atoms with Crippen LogP contribution in [0.3, 0.4) is 0 Å². The van der Waals surface area contributed by atoms with E-state index in [0.717, 1.165) is 18.4 Å². The molecule has 0 bridgehead atoms. The molecule has 2 aromatic rings. The molecule has 104 valence electrons. The van der Waals surface area contributed by atoms with E-state index in [1.165, 1.54) is 17.2 Å². The molecule has 0 saturated carbocycles. The first-order valence-corrected chi connectivity index (χ1v) is 7.32. The summed E-state index contributed by atoms with van der Waals surface area (Å²) in [5, 5.41) is 3.80. The molecule has 0 fully saturated rings. The molecule has 1 nitrogen and oxygen atoms in total. The predicted octanol–water partition coefficient (Wildman–Crippen LogP) is 4.82. The third-order valence-electron chi connectivity index (χ3n) is 4.03. The number of benzene rings is 2. The second-order valence-electron chi connectivity index (χ2n) is 5.35. The highest BCUT2D eigenvalue weighted by atomic mass is 35.5. The molecule has 0 aromatic heterocycles. The third-order valence-corrected chi connectivity index (χ3v) is 4.32. The molecule has 0 radical (unpaired) electrons. The Balaban J connectivity index is 1.77. The molecule has 0 heterocycles. The van der Waals surface area contributed by atoms with Crippen LogP contribution in [0.1, 0.15) is 42.1 Å². The average molecular weight is 290 g/mol. The highest BCUT2D eigenvalue weighted by Crippen LogP contribution is 2.33. The first-order valence-electron chi connectivity index (χ1n) is 6.94. The van der Waals surface area contributed by atoms with Crippen molar-refractivity contribution in [2.75, 3.05) is 0 Å². The Morgan fingerprint density at radius 2 is 2.05 bits per heavy atom. The second kappa shape index (κ2) is 5.55. The van der Waals surface area contributed by atoms with Crippen LogP contribution in [0.2, 0.25) is 5.02 Å². The molecule has 0 aliphatic heterocycles. The van der Waals surface area contributed by atoms with Crippen LogP contribution in [0, 0.1) is 5.82 Å².